The summed E-state index contributed by atoms with van der Waals surface area (Å²) in [6, 6.07) is 0. The minimum absolute atomic E-state index is 0.827. The van der Waals surface area contributed by atoms with Crippen molar-refractivity contribution in [1.82, 2.24) is 25.0 Å². The molecule has 1 aliphatic heterocycles. The van der Waals surface area contributed by atoms with Crippen molar-refractivity contribution in [2.75, 3.05) is 26.2 Å². The molecule has 1 saturated heterocycles. The largest absolute Gasteiger partial charge is 0.309 e. The molecule has 0 atom stereocenters. The van der Waals surface area contributed by atoms with Gasteiger partial charge in [-0.3, -0.25) is 0 Å². The maximum atomic E-state index is 4.29. The van der Waals surface area contributed by atoms with Gasteiger partial charge >= 0.3 is 0 Å². The van der Waals surface area contributed by atoms with Gasteiger partial charge in [0.1, 0.15) is 12.2 Å². The molecule has 0 unspecified atom stereocenters. The smallest absolute Gasteiger partial charge is 0.140 e. The lowest BCUT2D eigenvalue weighted by atomic mass is 10.1. The molecule has 0 aliphatic carbocycles. The van der Waals surface area contributed by atoms with Crippen LogP contribution in [0.25, 0.3) is 0 Å². The van der Waals surface area contributed by atoms with Crippen molar-refractivity contribution in [3.63, 3.8) is 0 Å². The standard InChI is InChI=1S/C13H25N5/c1-2-7-18-13(15-12-16-18)11-14-6-10-17-8-4-3-5-9-17/h12,14H,2-11H2,1H3. The first kappa shape index (κ1) is 13.5. The number of aryl methyl sites for hydroxylation is 1. The van der Waals surface area contributed by atoms with E-state index in [-0.39, 0.29) is 0 Å². The normalized spacial score (nSPS) is 17.2. The first-order valence-electron chi connectivity index (χ1n) is 7.20. The van der Waals surface area contributed by atoms with Gasteiger partial charge in [-0.05, 0) is 32.4 Å². The van der Waals surface area contributed by atoms with Crippen molar-refractivity contribution in [2.24, 2.45) is 0 Å². The van der Waals surface area contributed by atoms with Crippen LogP contribution < -0.4 is 5.32 Å². The third-order valence-electron chi connectivity index (χ3n) is 3.47. The van der Waals surface area contributed by atoms with Crippen LogP contribution >= 0.6 is 0 Å². The van der Waals surface area contributed by atoms with Crippen LogP contribution in [0.15, 0.2) is 6.33 Å². The molecule has 2 rings (SSSR count). The molecule has 0 spiro atoms. The molecule has 18 heavy (non-hydrogen) atoms. The van der Waals surface area contributed by atoms with Gasteiger partial charge in [0, 0.05) is 19.6 Å². The highest BCUT2D eigenvalue weighted by atomic mass is 15.3. The Bertz CT molecular complexity index is 330. The van der Waals surface area contributed by atoms with E-state index in [0.29, 0.717) is 0 Å². The summed E-state index contributed by atoms with van der Waals surface area (Å²) in [6.45, 7) is 8.69. The van der Waals surface area contributed by atoms with Gasteiger partial charge in [0.05, 0.1) is 6.54 Å². The summed E-state index contributed by atoms with van der Waals surface area (Å²) in [4.78, 5) is 6.84. The van der Waals surface area contributed by atoms with Crippen molar-refractivity contribution in [3.05, 3.63) is 12.2 Å². The maximum absolute atomic E-state index is 4.29. The quantitative estimate of drug-likeness (QED) is 0.741. The zero-order chi connectivity index (χ0) is 12.6. The number of aromatic nitrogens is 3. The van der Waals surface area contributed by atoms with Crippen LogP contribution in [-0.2, 0) is 13.1 Å². The molecule has 5 heteroatoms. The van der Waals surface area contributed by atoms with Crippen LogP contribution in [-0.4, -0.2) is 45.8 Å². The van der Waals surface area contributed by atoms with E-state index >= 15 is 0 Å². The zero-order valence-corrected chi connectivity index (χ0v) is 11.4. The lowest BCUT2D eigenvalue weighted by Crippen LogP contribution is -2.35. The fourth-order valence-electron chi connectivity index (χ4n) is 2.44. The third kappa shape index (κ3) is 4.07. The molecule has 0 aromatic carbocycles. The van der Waals surface area contributed by atoms with Crippen molar-refractivity contribution >= 4 is 0 Å². The zero-order valence-electron chi connectivity index (χ0n) is 11.4. The monoisotopic (exact) mass is 251 g/mol. The predicted molar refractivity (Wildman–Crippen MR) is 72.3 cm³/mol. The van der Waals surface area contributed by atoms with Crippen LogP contribution in [0.2, 0.25) is 0 Å². The second-order valence-electron chi connectivity index (χ2n) is 4.98. The molecule has 0 radical (unpaired) electrons. The van der Waals surface area contributed by atoms with Gasteiger partial charge < -0.3 is 10.2 Å². The van der Waals surface area contributed by atoms with Crippen LogP contribution in [0.5, 0.6) is 0 Å². The van der Waals surface area contributed by atoms with E-state index in [0.717, 1.165) is 38.4 Å². The molecule has 1 aromatic rings. The average Bonchev–Trinajstić information content (AvgIpc) is 2.84. The highest BCUT2D eigenvalue weighted by Crippen LogP contribution is 2.07. The lowest BCUT2D eigenvalue weighted by molar-refractivity contribution is 0.228. The molecule has 0 amide bonds. The van der Waals surface area contributed by atoms with Gasteiger partial charge in [-0.15, -0.1) is 0 Å². The Morgan fingerprint density at radius 2 is 2.06 bits per heavy atom. The second kappa shape index (κ2) is 7.48. The van der Waals surface area contributed by atoms with Gasteiger partial charge in [-0.25, -0.2) is 9.67 Å². The van der Waals surface area contributed by atoms with Gasteiger partial charge in [-0.1, -0.05) is 13.3 Å². The van der Waals surface area contributed by atoms with E-state index in [1.54, 1.807) is 6.33 Å². The Hall–Kier alpha value is -0.940. The van der Waals surface area contributed by atoms with Gasteiger partial charge in [-0.2, -0.15) is 5.10 Å². The van der Waals surface area contributed by atoms with Crippen LogP contribution in [0.4, 0.5) is 0 Å². The highest BCUT2D eigenvalue weighted by molar-refractivity contribution is 4.83. The molecule has 2 heterocycles. The van der Waals surface area contributed by atoms with Crippen LogP contribution in [0, 0.1) is 0 Å². The Balaban J connectivity index is 1.63. The number of nitrogens with one attached hydrogen (secondary N) is 1. The van der Waals surface area contributed by atoms with Crippen LogP contribution in [0.3, 0.4) is 0 Å². The summed E-state index contributed by atoms with van der Waals surface area (Å²) in [5.41, 5.74) is 0. The fourth-order valence-corrected chi connectivity index (χ4v) is 2.44. The first-order chi connectivity index (χ1) is 8.90. The molecule has 1 N–H and O–H groups in total. The van der Waals surface area contributed by atoms with E-state index in [2.05, 4.69) is 27.2 Å². The fraction of sp³-hybridized carbons (Fsp3) is 0.846. The number of rotatable bonds is 7. The Morgan fingerprint density at radius 3 is 2.83 bits per heavy atom. The SMILES string of the molecule is CCCn1ncnc1CNCCN1CCCCC1. The van der Waals surface area contributed by atoms with Gasteiger partial charge in [0.2, 0.25) is 0 Å². The van der Waals surface area contributed by atoms with Crippen molar-refractivity contribution < 1.29 is 0 Å². The van der Waals surface area contributed by atoms with Crippen molar-refractivity contribution in [3.8, 4) is 0 Å². The minimum atomic E-state index is 0.827. The molecule has 1 fully saturated rings. The molecule has 1 aliphatic rings. The summed E-state index contributed by atoms with van der Waals surface area (Å²) in [5, 5.41) is 7.70. The van der Waals surface area contributed by atoms with E-state index in [4.69, 9.17) is 0 Å². The Morgan fingerprint density at radius 1 is 1.22 bits per heavy atom. The predicted octanol–water partition coefficient (Wildman–Crippen LogP) is 1.26. The first-order valence-corrected chi connectivity index (χ1v) is 7.20. The minimum Gasteiger partial charge on any atom is -0.309 e. The number of piperidine rings is 1. The summed E-state index contributed by atoms with van der Waals surface area (Å²) in [6.07, 6.45) is 6.89. The van der Waals surface area contributed by atoms with E-state index < -0.39 is 0 Å². The Labute approximate surface area is 110 Å². The molecule has 5 nitrogen and oxygen atoms in total. The second-order valence-corrected chi connectivity index (χ2v) is 4.98. The molecule has 102 valence electrons. The van der Waals surface area contributed by atoms with Gasteiger partial charge in [0.15, 0.2) is 0 Å². The third-order valence-corrected chi connectivity index (χ3v) is 3.47. The number of nitrogens with zero attached hydrogens (tertiary/aromatic N) is 4. The summed E-state index contributed by atoms with van der Waals surface area (Å²) < 4.78 is 1.99. The summed E-state index contributed by atoms with van der Waals surface area (Å²) >= 11 is 0. The molecular formula is C13H25N5. The average molecular weight is 251 g/mol. The number of hydrogen-bond acceptors (Lipinski definition) is 4. The van der Waals surface area contributed by atoms with Crippen molar-refractivity contribution in [2.45, 2.75) is 45.7 Å². The summed E-state index contributed by atoms with van der Waals surface area (Å²) in [5.74, 6) is 1.05. The highest BCUT2D eigenvalue weighted by Gasteiger charge is 2.09. The molecule has 0 saturated carbocycles. The van der Waals surface area contributed by atoms with Crippen molar-refractivity contribution in [1.29, 1.82) is 0 Å². The van der Waals surface area contributed by atoms with Crippen LogP contribution in [0.1, 0.15) is 38.4 Å². The summed E-state index contributed by atoms with van der Waals surface area (Å²) in [7, 11) is 0. The number of hydrogen-bond donors (Lipinski definition) is 1. The Kier molecular flexibility index (Phi) is 5.61. The van der Waals surface area contributed by atoms with E-state index in [1.165, 1.54) is 32.4 Å². The topological polar surface area (TPSA) is 46.0 Å². The maximum Gasteiger partial charge on any atom is 0.140 e. The lowest BCUT2D eigenvalue weighted by Gasteiger charge is -2.26. The molecule has 1 aromatic heterocycles. The molecule has 0 bridgehead atoms. The molecular weight excluding hydrogens is 226 g/mol. The van der Waals surface area contributed by atoms with Gasteiger partial charge in [0.25, 0.3) is 0 Å². The number of likely N-dealkylation sites (tertiary alicyclic amines) is 1. The van der Waals surface area contributed by atoms with E-state index in [9.17, 15) is 0 Å². The van der Waals surface area contributed by atoms with E-state index in [1.807, 2.05) is 4.68 Å².